The minimum Gasteiger partial charge on any atom is -0.424 e. The summed E-state index contributed by atoms with van der Waals surface area (Å²) in [5.41, 5.74) is -0.334. The number of hydrazone groups is 1. The van der Waals surface area contributed by atoms with Gasteiger partial charge in [0.15, 0.2) is 5.69 Å². The summed E-state index contributed by atoms with van der Waals surface area (Å²) in [4.78, 5) is 6.92. The molecule has 104 valence electrons. The Hall–Kier alpha value is -2.64. The van der Waals surface area contributed by atoms with E-state index in [1.807, 2.05) is 0 Å². The summed E-state index contributed by atoms with van der Waals surface area (Å²) < 4.78 is 42.6. The Labute approximate surface area is 111 Å². The summed E-state index contributed by atoms with van der Waals surface area (Å²) in [5, 5.41) is 3.34. The van der Waals surface area contributed by atoms with Crippen LogP contribution in [0.1, 0.15) is 11.3 Å². The number of hydrogen-bond acceptors (Lipinski definition) is 5. The molecule has 2 N–H and O–H groups in total. The first-order chi connectivity index (χ1) is 9.49. The van der Waals surface area contributed by atoms with Crippen molar-refractivity contribution in [1.82, 2.24) is 9.97 Å². The normalized spacial score (nSPS) is 11.8. The van der Waals surface area contributed by atoms with Gasteiger partial charge in [0, 0.05) is 6.20 Å². The van der Waals surface area contributed by atoms with Crippen LogP contribution in [0.5, 0.6) is 11.8 Å². The molecule has 8 heteroatoms. The van der Waals surface area contributed by atoms with E-state index >= 15 is 0 Å². The second kappa shape index (κ2) is 5.55. The van der Waals surface area contributed by atoms with Crippen molar-refractivity contribution in [2.75, 3.05) is 0 Å². The lowest BCUT2D eigenvalue weighted by molar-refractivity contribution is -0.141. The molecule has 0 atom stereocenters. The SMILES string of the molecule is NN=Cc1ccc(Oc2nccc(C(F)(F)F)n2)cc1. The molecular formula is C12H9F3N4O. The Balaban J connectivity index is 2.17. The molecule has 0 fully saturated rings. The maximum Gasteiger partial charge on any atom is 0.433 e. The van der Waals surface area contributed by atoms with Crippen molar-refractivity contribution < 1.29 is 17.9 Å². The standard InChI is InChI=1S/C12H9F3N4O/c13-12(14,15)10-5-6-17-11(19-10)20-9-3-1-8(2-4-9)7-18-16/h1-7H,16H2. The van der Waals surface area contributed by atoms with Crippen molar-refractivity contribution in [2.24, 2.45) is 10.9 Å². The van der Waals surface area contributed by atoms with E-state index in [1.54, 1.807) is 24.3 Å². The van der Waals surface area contributed by atoms with Crippen LogP contribution in [0, 0.1) is 0 Å². The highest BCUT2D eigenvalue weighted by molar-refractivity contribution is 5.79. The summed E-state index contributed by atoms with van der Waals surface area (Å²) in [6.07, 6.45) is -2.13. The molecule has 0 unspecified atom stereocenters. The molecule has 5 nitrogen and oxygen atoms in total. The van der Waals surface area contributed by atoms with Crippen LogP contribution in [-0.4, -0.2) is 16.2 Å². The van der Waals surface area contributed by atoms with Crippen molar-refractivity contribution in [3.63, 3.8) is 0 Å². The molecule has 0 aliphatic rings. The highest BCUT2D eigenvalue weighted by atomic mass is 19.4. The predicted molar refractivity (Wildman–Crippen MR) is 65.3 cm³/mol. The first-order valence-electron chi connectivity index (χ1n) is 5.40. The smallest absolute Gasteiger partial charge is 0.424 e. The fraction of sp³-hybridized carbons (Fsp3) is 0.0833. The van der Waals surface area contributed by atoms with Crippen LogP contribution in [0.4, 0.5) is 13.2 Å². The second-order valence-electron chi connectivity index (χ2n) is 3.67. The van der Waals surface area contributed by atoms with E-state index in [-0.39, 0.29) is 6.01 Å². The zero-order valence-corrected chi connectivity index (χ0v) is 10.0. The molecule has 20 heavy (non-hydrogen) atoms. The fourth-order valence-corrected chi connectivity index (χ4v) is 1.36. The summed E-state index contributed by atoms with van der Waals surface area (Å²) in [5.74, 6) is 5.30. The van der Waals surface area contributed by atoms with Gasteiger partial charge in [-0.1, -0.05) is 0 Å². The molecule has 0 saturated carbocycles. The molecule has 2 rings (SSSR count). The Morgan fingerprint density at radius 2 is 1.85 bits per heavy atom. The van der Waals surface area contributed by atoms with Crippen LogP contribution >= 0.6 is 0 Å². The van der Waals surface area contributed by atoms with Crippen LogP contribution in [-0.2, 0) is 6.18 Å². The number of ether oxygens (including phenoxy) is 1. The maximum atomic E-state index is 12.5. The Morgan fingerprint density at radius 3 is 2.45 bits per heavy atom. The number of aromatic nitrogens is 2. The van der Waals surface area contributed by atoms with Gasteiger partial charge in [0.2, 0.25) is 0 Å². The van der Waals surface area contributed by atoms with Gasteiger partial charge in [0.1, 0.15) is 5.75 Å². The molecule has 0 spiro atoms. The van der Waals surface area contributed by atoms with Crippen molar-refractivity contribution in [3.8, 4) is 11.8 Å². The predicted octanol–water partition coefficient (Wildman–Crippen LogP) is 2.58. The average molecular weight is 282 g/mol. The molecule has 0 radical (unpaired) electrons. The van der Waals surface area contributed by atoms with Gasteiger partial charge in [-0.2, -0.15) is 23.3 Å². The van der Waals surface area contributed by atoms with Gasteiger partial charge in [0.25, 0.3) is 0 Å². The molecule has 1 heterocycles. The van der Waals surface area contributed by atoms with Gasteiger partial charge in [-0.05, 0) is 35.9 Å². The first kappa shape index (κ1) is 13.8. The van der Waals surface area contributed by atoms with Crippen molar-refractivity contribution >= 4 is 6.21 Å². The van der Waals surface area contributed by atoms with E-state index < -0.39 is 11.9 Å². The molecule has 0 aliphatic carbocycles. The van der Waals surface area contributed by atoms with Crippen molar-refractivity contribution in [3.05, 3.63) is 47.8 Å². The molecular weight excluding hydrogens is 273 g/mol. The third-order valence-electron chi connectivity index (χ3n) is 2.24. The topological polar surface area (TPSA) is 73.4 Å². The van der Waals surface area contributed by atoms with Crippen LogP contribution < -0.4 is 10.6 Å². The Morgan fingerprint density at radius 1 is 1.15 bits per heavy atom. The Kier molecular flexibility index (Phi) is 3.83. The largest absolute Gasteiger partial charge is 0.433 e. The number of rotatable bonds is 3. The fourth-order valence-electron chi connectivity index (χ4n) is 1.36. The molecule has 1 aromatic heterocycles. The minimum atomic E-state index is -4.54. The lowest BCUT2D eigenvalue weighted by Gasteiger charge is -2.07. The van der Waals surface area contributed by atoms with Crippen LogP contribution in [0.15, 0.2) is 41.6 Å². The maximum absolute atomic E-state index is 12.5. The van der Waals surface area contributed by atoms with Gasteiger partial charge >= 0.3 is 12.2 Å². The van der Waals surface area contributed by atoms with E-state index in [0.717, 1.165) is 17.8 Å². The summed E-state index contributed by atoms with van der Waals surface area (Å²) in [6, 6.07) is 6.76. The molecule has 1 aromatic carbocycles. The molecule has 0 amide bonds. The second-order valence-corrected chi connectivity index (χ2v) is 3.67. The average Bonchev–Trinajstić information content (AvgIpc) is 2.41. The molecule has 0 saturated heterocycles. The molecule has 0 aliphatic heterocycles. The Bertz CT molecular complexity index is 611. The van der Waals surface area contributed by atoms with Gasteiger partial charge in [0.05, 0.1) is 6.21 Å². The van der Waals surface area contributed by atoms with E-state index in [0.29, 0.717) is 5.75 Å². The number of benzene rings is 1. The third kappa shape index (κ3) is 3.44. The zero-order chi connectivity index (χ0) is 14.6. The van der Waals surface area contributed by atoms with Crippen molar-refractivity contribution in [1.29, 1.82) is 0 Å². The summed E-state index contributed by atoms with van der Waals surface area (Å²) in [7, 11) is 0. The summed E-state index contributed by atoms with van der Waals surface area (Å²) in [6.45, 7) is 0. The number of nitrogens with two attached hydrogens (primary N) is 1. The number of alkyl halides is 3. The van der Waals surface area contributed by atoms with Gasteiger partial charge in [-0.25, -0.2) is 4.98 Å². The monoisotopic (exact) mass is 282 g/mol. The van der Waals surface area contributed by atoms with E-state index in [9.17, 15) is 13.2 Å². The van der Waals surface area contributed by atoms with Crippen LogP contribution in [0.2, 0.25) is 0 Å². The van der Waals surface area contributed by atoms with Gasteiger partial charge in [-0.3, -0.25) is 0 Å². The van der Waals surface area contributed by atoms with E-state index in [2.05, 4.69) is 15.1 Å². The number of nitrogens with zero attached hydrogens (tertiary/aromatic N) is 3. The summed E-state index contributed by atoms with van der Waals surface area (Å²) >= 11 is 0. The molecule has 2 aromatic rings. The van der Waals surface area contributed by atoms with E-state index in [1.165, 1.54) is 6.21 Å². The van der Waals surface area contributed by atoms with Gasteiger partial charge in [-0.15, -0.1) is 0 Å². The highest BCUT2D eigenvalue weighted by Gasteiger charge is 2.33. The van der Waals surface area contributed by atoms with Crippen LogP contribution in [0.25, 0.3) is 0 Å². The minimum absolute atomic E-state index is 0.304. The lowest BCUT2D eigenvalue weighted by Crippen LogP contribution is -2.08. The van der Waals surface area contributed by atoms with E-state index in [4.69, 9.17) is 10.6 Å². The third-order valence-corrected chi connectivity index (χ3v) is 2.24. The highest BCUT2D eigenvalue weighted by Crippen LogP contribution is 2.28. The lowest BCUT2D eigenvalue weighted by atomic mass is 10.2. The van der Waals surface area contributed by atoms with Crippen molar-refractivity contribution in [2.45, 2.75) is 6.18 Å². The van der Waals surface area contributed by atoms with Gasteiger partial charge < -0.3 is 10.6 Å². The zero-order valence-electron chi connectivity index (χ0n) is 10.0. The van der Waals surface area contributed by atoms with Crippen LogP contribution in [0.3, 0.4) is 0 Å². The molecule has 0 bridgehead atoms. The quantitative estimate of drug-likeness (QED) is 0.533. The number of hydrogen-bond donors (Lipinski definition) is 1. The number of halogens is 3. The first-order valence-corrected chi connectivity index (χ1v) is 5.40.